The number of epoxide rings is 1. The fraction of sp³-hybridized carbons (Fsp3) is 0.611. The topological polar surface area (TPSA) is 59.1 Å². The van der Waals surface area contributed by atoms with Crippen molar-refractivity contribution in [2.24, 2.45) is 0 Å². The van der Waals surface area contributed by atoms with Crippen LogP contribution in [0.15, 0.2) is 30.3 Å². The van der Waals surface area contributed by atoms with Gasteiger partial charge in [-0.05, 0) is 5.56 Å². The van der Waals surface area contributed by atoms with E-state index in [0.29, 0.717) is 24.3 Å². The summed E-state index contributed by atoms with van der Waals surface area (Å²) >= 11 is 0. The Hall–Kier alpha value is -0.950. The van der Waals surface area contributed by atoms with E-state index in [4.69, 9.17) is 9.47 Å². The van der Waals surface area contributed by atoms with Gasteiger partial charge in [0.2, 0.25) is 0 Å². The lowest BCUT2D eigenvalue weighted by Crippen LogP contribution is -3.00. The second kappa shape index (κ2) is 6.41. The first-order valence-electron chi connectivity index (χ1n) is 8.37. The highest BCUT2D eigenvalue weighted by atomic mass is 79.9. The summed E-state index contributed by atoms with van der Waals surface area (Å²) in [7, 11) is 4.51. The number of morpholine rings is 1. The minimum atomic E-state index is -0.593. The first kappa shape index (κ1) is 17.9. The molecular formula is C18H24BrNO4. The van der Waals surface area contributed by atoms with Crippen molar-refractivity contribution in [3.05, 3.63) is 35.9 Å². The van der Waals surface area contributed by atoms with Gasteiger partial charge < -0.3 is 36.0 Å². The third kappa shape index (κ3) is 2.79. The van der Waals surface area contributed by atoms with Gasteiger partial charge in [-0.2, -0.15) is 0 Å². The Morgan fingerprint density at radius 2 is 1.83 bits per heavy atom. The van der Waals surface area contributed by atoms with Crippen molar-refractivity contribution in [3.8, 4) is 0 Å². The van der Waals surface area contributed by atoms with E-state index in [1.54, 1.807) is 0 Å². The number of halogens is 1. The maximum Gasteiger partial charge on any atom is 0.316 e. The summed E-state index contributed by atoms with van der Waals surface area (Å²) < 4.78 is 12.5. The fourth-order valence-electron chi connectivity index (χ4n) is 4.55. The normalized spacial score (nSPS) is 36.2. The molecule has 1 N–H and O–H groups in total. The van der Waals surface area contributed by atoms with Crippen molar-refractivity contribution in [2.45, 2.75) is 49.2 Å². The monoisotopic (exact) mass is 397 g/mol. The molecule has 2 bridgehead atoms. The smallest absolute Gasteiger partial charge is 0.316 e. The van der Waals surface area contributed by atoms with Crippen LogP contribution in [0.3, 0.4) is 0 Å². The average molecular weight is 398 g/mol. The summed E-state index contributed by atoms with van der Waals surface area (Å²) in [6.45, 7) is -0.224. The predicted octanol–water partition coefficient (Wildman–Crippen LogP) is -1.93. The van der Waals surface area contributed by atoms with Gasteiger partial charge in [0, 0.05) is 12.8 Å². The summed E-state index contributed by atoms with van der Waals surface area (Å²) in [5.41, 5.74) is 0.807. The second-order valence-corrected chi connectivity index (χ2v) is 7.51. The van der Waals surface area contributed by atoms with Crippen LogP contribution in [0.5, 0.6) is 0 Å². The SMILES string of the molecule is C[N+]1(C)[C@@H]2C[C@@H](OC(=O)[C@H](CO)c3ccccc3)C[C@H]1[C@@H]1O[C@@H]12.[Br-]. The van der Waals surface area contributed by atoms with E-state index in [9.17, 15) is 9.90 Å². The number of likely N-dealkylation sites (N-methyl/N-ethyl adjacent to an activating group) is 1. The molecule has 4 rings (SSSR count). The van der Waals surface area contributed by atoms with E-state index in [0.717, 1.165) is 22.9 Å². The number of piperidine rings is 1. The van der Waals surface area contributed by atoms with Gasteiger partial charge in [0.15, 0.2) is 0 Å². The van der Waals surface area contributed by atoms with Crippen LogP contribution in [0.4, 0.5) is 0 Å². The van der Waals surface area contributed by atoms with Crippen molar-refractivity contribution in [3.63, 3.8) is 0 Å². The number of carbonyl (C=O) groups is 1. The molecule has 0 radical (unpaired) electrons. The van der Waals surface area contributed by atoms with Crippen LogP contribution < -0.4 is 17.0 Å². The first-order chi connectivity index (χ1) is 11.0. The predicted molar refractivity (Wildman–Crippen MR) is 83.7 cm³/mol. The van der Waals surface area contributed by atoms with Crippen LogP contribution in [0.25, 0.3) is 0 Å². The van der Waals surface area contributed by atoms with Gasteiger partial charge in [-0.1, -0.05) is 30.3 Å². The standard InChI is InChI=1S/C18H24NO4.BrH/c1-19(2)14-8-12(9-15(19)17-16(14)23-17)22-18(21)13(10-20)11-6-4-3-5-7-11;/h3-7,12-17,20H,8-10H2,1-2H3;1H/q+1;/p-1/t12-,13-,14-,15+,16-,17+;/m1./s1. The van der Waals surface area contributed by atoms with Crippen LogP contribution in [0, 0.1) is 0 Å². The number of hydrogen-bond acceptors (Lipinski definition) is 4. The summed E-state index contributed by atoms with van der Waals surface area (Å²) in [6, 6.07) is 10.2. The van der Waals surface area contributed by atoms with Crippen LogP contribution in [0.1, 0.15) is 24.3 Å². The molecule has 3 aliphatic rings. The molecule has 0 aromatic heterocycles. The molecule has 132 valence electrons. The third-order valence-electron chi connectivity index (χ3n) is 5.99. The number of benzene rings is 1. The molecule has 6 atom stereocenters. The first-order valence-corrected chi connectivity index (χ1v) is 8.37. The minimum absolute atomic E-state index is 0. The van der Waals surface area contributed by atoms with Crippen LogP contribution >= 0.6 is 0 Å². The number of aliphatic hydroxyl groups is 1. The van der Waals surface area contributed by atoms with E-state index < -0.39 is 5.92 Å². The molecule has 0 aliphatic carbocycles. The average Bonchev–Trinajstić information content (AvgIpc) is 3.27. The van der Waals surface area contributed by atoms with Crippen molar-refractivity contribution in [1.29, 1.82) is 0 Å². The molecule has 0 spiro atoms. The highest BCUT2D eigenvalue weighted by Gasteiger charge is 2.70. The molecule has 5 nitrogen and oxygen atoms in total. The number of aliphatic hydroxyl groups excluding tert-OH is 1. The number of carbonyl (C=O) groups excluding carboxylic acids is 1. The molecule has 6 heteroatoms. The Balaban J connectivity index is 0.00000169. The van der Waals surface area contributed by atoms with Crippen LogP contribution in [-0.4, -0.2) is 66.7 Å². The van der Waals surface area contributed by atoms with Crippen LogP contribution in [0.2, 0.25) is 0 Å². The Morgan fingerprint density at radius 1 is 1.25 bits per heavy atom. The number of rotatable bonds is 4. The Bertz CT molecular complexity index is 588. The zero-order chi connectivity index (χ0) is 16.2. The number of fused-ring (bicyclic) bond motifs is 5. The van der Waals surface area contributed by atoms with Crippen LogP contribution in [-0.2, 0) is 14.3 Å². The number of nitrogens with zero attached hydrogens (tertiary/aromatic N) is 1. The Morgan fingerprint density at radius 3 is 2.38 bits per heavy atom. The van der Waals surface area contributed by atoms with Crippen molar-refractivity contribution in [1.82, 2.24) is 0 Å². The molecule has 0 saturated carbocycles. The van der Waals surface area contributed by atoms with E-state index in [2.05, 4.69) is 14.1 Å². The Kier molecular flexibility index (Phi) is 4.77. The largest absolute Gasteiger partial charge is 1.00 e. The fourth-order valence-corrected chi connectivity index (χ4v) is 4.55. The molecule has 1 aromatic rings. The lowest BCUT2D eigenvalue weighted by atomic mass is 9.95. The maximum absolute atomic E-state index is 12.5. The summed E-state index contributed by atoms with van der Waals surface area (Å²) in [4.78, 5) is 12.5. The van der Waals surface area contributed by atoms with Gasteiger partial charge in [0.25, 0.3) is 0 Å². The highest BCUT2D eigenvalue weighted by molar-refractivity contribution is 5.78. The summed E-state index contributed by atoms with van der Waals surface area (Å²) in [6.07, 6.45) is 2.34. The summed E-state index contributed by atoms with van der Waals surface area (Å²) in [5.74, 6) is -0.908. The number of quaternary nitrogens is 1. The molecule has 3 heterocycles. The van der Waals surface area contributed by atoms with E-state index in [1.807, 2.05) is 30.3 Å². The zero-order valence-electron chi connectivity index (χ0n) is 14.0. The molecular weight excluding hydrogens is 374 g/mol. The van der Waals surface area contributed by atoms with E-state index in [1.165, 1.54) is 0 Å². The maximum atomic E-state index is 12.5. The van der Waals surface area contributed by atoms with Gasteiger partial charge in [-0.25, -0.2) is 0 Å². The van der Waals surface area contributed by atoms with Gasteiger partial charge >= 0.3 is 5.97 Å². The Labute approximate surface area is 152 Å². The van der Waals surface area contributed by atoms with Gasteiger partial charge in [0.1, 0.15) is 36.3 Å². The highest BCUT2D eigenvalue weighted by Crippen LogP contribution is 2.51. The van der Waals surface area contributed by atoms with Gasteiger partial charge in [-0.15, -0.1) is 0 Å². The minimum Gasteiger partial charge on any atom is -1.00 e. The molecule has 0 unspecified atom stereocenters. The lowest BCUT2D eigenvalue weighted by Gasteiger charge is -2.45. The molecule has 3 aliphatic heterocycles. The number of esters is 1. The van der Waals surface area contributed by atoms with Crippen molar-refractivity contribution in [2.75, 3.05) is 20.7 Å². The molecule has 1 aromatic carbocycles. The number of ether oxygens (including phenoxy) is 2. The van der Waals surface area contributed by atoms with E-state index in [-0.39, 0.29) is 35.7 Å². The van der Waals surface area contributed by atoms with Gasteiger partial charge in [0.05, 0.1) is 20.7 Å². The molecule has 3 saturated heterocycles. The summed E-state index contributed by atoms with van der Waals surface area (Å²) in [5, 5.41) is 9.60. The van der Waals surface area contributed by atoms with Crippen molar-refractivity contribution < 1.29 is 40.8 Å². The zero-order valence-corrected chi connectivity index (χ0v) is 15.6. The third-order valence-corrected chi connectivity index (χ3v) is 5.99. The molecule has 24 heavy (non-hydrogen) atoms. The number of hydrogen-bond donors (Lipinski definition) is 1. The van der Waals surface area contributed by atoms with E-state index >= 15 is 0 Å². The molecule has 0 amide bonds. The second-order valence-electron chi connectivity index (χ2n) is 7.51. The van der Waals surface area contributed by atoms with Gasteiger partial charge in [-0.3, -0.25) is 4.79 Å². The lowest BCUT2D eigenvalue weighted by molar-refractivity contribution is -0.938. The quantitative estimate of drug-likeness (QED) is 0.365. The molecule has 3 fully saturated rings. The van der Waals surface area contributed by atoms with Crippen molar-refractivity contribution >= 4 is 5.97 Å².